The van der Waals surface area contributed by atoms with Crippen LogP contribution in [0.3, 0.4) is 0 Å². The van der Waals surface area contributed by atoms with E-state index in [0.29, 0.717) is 18.8 Å². The van der Waals surface area contributed by atoms with Crippen LogP contribution in [0.25, 0.3) is 0 Å². The number of amides is 2. The van der Waals surface area contributed by atoms with Gasteiger partial charge in [-0.2, -0.15) is 0 Å². The number of hydrogen-bond acceptors (Lipinski definition) is 5. The molecule has 1 aromatic heterocycles. The fourth-order valence-corrected chi connectivity index (χ4v) is 3.38. The Kier molecular flexibility index (Phi) is 6.93. The number of carbonyl (C=O) groups excluding carboxylic acids is 2. The largest absolute Gasteiger partial charge is 0.467 e. The van der Waals surface area contributed by atoms with E-state index >= 15 is 0 Å². The quantitative estimate of drug-likeness (QED) is 0.701. The summed E-state index contributed by atoms with van der Waals surface area (Å²) in [5, 5.41) is 3.02. The van der Waals surface area contributed by atoms with Crippen LogP contribution in [0.5, 0.6) is 0 Å². The summed E-state index contributed by atoms with van der Waals surface area (Å²) >= 11 is 0. The van der Waals surface area contributed by atoms with E-state index in [1.54, 1.807) is 17.2 Å². The number of methoxy groups -OCH3 is 1. The highest BCUT2D eigenvalue weighted by Gasteiger charge is 2.25. The zero-order valence-corrected chi connectivity index (χ0v) is 17.3. The van der Waals surface area contributed by atoms with Crippen molar-refractivity contribution >= 4 is 23.2 Å². The molecule has 29 heavy (non-hydrogen) atoms. The van der Waals surface area contributed by atoms with Crippen LogP contribution in [0.2, 0.25) is 0 Å². The van der Waals surface area contributed by atoms with Crippen LogP contribution in [0.4, 0.5) is 11.4 Å². The molecule has 2 aromatic rings. The lowest BCUT2D eigenvalue weighted by atomic mass is 9.85. The maximum atomic E-state index is 12.6. The molecule has 2 amide bonds. The predicted octanol–water partition coefficient (Wildman–Crippen LogP) is 3.26. The smallest absolute Gasteiger partial charge is 0.249 e. The molecule has 1 heterocycles. The maximum Gasteiger partial charge on any atom is 0.249 e. The van der Waals surface area contributed by atoms with E-state index < -0.39 is 0 Å². The minimum Gasteiger partial charge on any atom is -0.467 e. The van der Waals surface area contributed by atoms with Gasteiger partial charge in [-0.1, -0.05) is 6.42 Å². The molecule has 1 N–H and O–H groups in total. The van der Waals surface area contributed by atoms with E-state index in [0.717, 1.165) is 36.2 Å². The van der Waals surface area contributed by atoms with Gasteiger partial charge in [0.15, 0.2) is 0 Å². The van der Waals surface area contributed by atoms with Crippen LogP contribution in [0, 0.1) is 5.92 Å². The second kappa shape index (κ2) is 9.60. The van der Waals surface area contributed by atoms with Crippen molar-refractivity contribution in [1.29, 1.82) is 0 Å². The second-order valence-electron chi connectivity index (χ2n) is 7.62. The lowest BCUT2D eigenvalue weighted by Gasteiger charge is -2.27. The minimum absolute atomic E-state index is 0.00386. The van der Waals surface area contributed by atoms with Crippen molar-refractivity contribution in [2.45, 2.75) is 32.4 Å². The number of nitrogens with zero attached hydrogens (tertiary/aromatic N) is 2. The molecule has 1 fully saturated rings. The third kappa shape index (κ3) is 5.38. The fraction of sp³-hybridized carbons (Fsp3) is 0.455. The van der Waals surface area contributed by atoms with Crippen molar-refractivity contribution < 1.29 is 18.7 Å². The second-order valence-corrected chi connectivity index (χ2v) is 7.62. The summed E-state index contributed by atoms with van der Waals surface area (Å²) in [4.78, 5) is 28.7. The van der Waals surface area contributed by atoms with E-state index in [1.807, 2.05) is 43.3 Å². The van der Waals surface area contributed by atoms with Crippen LogP contribution in [-0.4, -0.2) is 44.5 Å². The summed E-state index contributed by atoms with van der Waals surface area (Å²) in [6.07, 6.45) is 4.62. The first-order valence-corrected chi connectivity index (χ1v) is 9.88. The topological polar surface area (TPSA) is 75.0 Å². The molecule has 7 nitrogen and oxygen atoms in total. The lowest BCUT2D eigenvalue weighted by Crippen LogP contribution is -2.33. The molecule has 0 aliphatic heterocycles. The van der Waals surface area contributed by atoms with Gasteiger partial charge in [0.1, 0.15) is 12.4 Å². The minimum atomic E-state index is -0.127. The van der Waals surface area contributed by atoms with Gasteiger partial charge in [0.2, 0.25) is 11.8 Å². The first-order chi connectivity index (χ1) is 14.0. The number of hydrogen-bond donors (Lipinski definition) is 1. The SMILES string of the molecule is COCC(=O)N(Cc1ccco1)Cc1cc(NC(=O)C2CCC2)ccc1N(C)C. The van der Waals surface area contributed by atoms with Crippen LogP contribution < -0.4 is 10.2 Å². The van der Waals surface area contributed by atoms with Crippen LogP contribution >= 0.6 is 0 Å². The van der Waals surface area contributed by atoms with Gasteiger partial charge < -0.3 is 24.3 Å². The molecule has 0 unspecified atom stereocenters. The highest BCUT2D eigenvalue weighted by Crippen LogP contribution is 2.29. The number of furan rings is 1. The van der Waals surface area contributed by atoms with Gasteiger partial charge >= 0.3 is 0 Å². The lowest BCUT2D eigenvalue weighted by molar-refractivity contribution is -0.136. The van der Waals surface area contributed by atoms with Gasteiger partial charge in [-0.3, -0.25) is 9.59 Å². The van der Waals surface area contributed by atoms with Gasteiger partial charge in [0.05, 0.1) is 12.8 Å². The van der Waals surface area contributed by atoms with E-state index in [2.05, 4.69) is 5.32 Å². The Morgan fingerprint density at radius 2 is 2.00 bits per heavy atom. The third-order valence-electron chi connectivity index (χ3n) is 5.21. The normalized spacial score (nSPS) is 13.6. The van der Waals surface area contributed by atoms with Crippen molar-refractivity contribution in [2.75, 3.05) is 38.0 Å². The van der Waals surface area contributed by atoms with Crippen molar-refractivity contribution in [3.05, 3.63) is 47.9 Å². The predicted molar refractivity (Wildman–Crippen MR) is 112 cm³/mol. The van der Waals surface area contributed by atoms with Crippen LogP contribution in [0.15, 0.2) is 41.0 Å². The van der Waals surface area contributed by atoms with E-state index in [1.165, 1.54) is 7.11 Å². The molecule has 0 spiro atoms. The molecule has 3 rings (SSSR count). The molecule has 0 radical (unpaired) electrons. The molecule has 0 saturated heterocycles. The monoisotopic (exact) mass is 399 g/mol. The molecule has 156 valence electrons. The number of rotatable bonds is 9. The average Bonchev–Trinajstić information content (AvgIpc) is 3.13. The zero-order valence-electron chi connectivity index (χ0n) is 17.3. The standard InChI is InChI=1S/C22H29N3O4/c1-24(2)20-10-9-18(23-22(27)16-6-4-7-16)12-17(20)13-25(21(26)15-28-3)14-19-8-5-11-29-19/h5,8-12,16H,4,6-7,13-15H2,1-3H3,(H,23,27). The van der Waals surface area contributed by atoms with E-state index in [4.69, 9.17) is 9.15 Å². The summed E-state index contributed by atoms with van der Waals surface area (Å²) < 4.78 is 10.5. The summed E-state index contributed by atoms with van der Waals surface area (Å²) in [7, 11) is 5.42. The summed E-state index contributed by atoms with van der Waals surface area (Å²) in [5.74, 6) is 0.765. The van der Waals surface area contributed by atoms with Crippen molar-refractivity contribution in [3.8, 4) is 0 Å². The number of nitrogens with one attached hydrogen (secondary N) is 1. The molecule has 1 aliphatic carbocycles. The Labute approximate surface area is 171 Å². The third-order valence-corrected chi connectivity index (χ3v) is 5.21. The molecule has 0 atom stereocenters. The molecular weight excluding hydrogens is 370 g/mol. The number of ether oxygens (including phenoxy) is 1. The molecule has 0 bridgehead atoms. The average molecular weight is 399 g/mol. The first-order valence-electron chi connectivity index (χ1n) is 9.88. The Morgan fingerprint density at radius 1 is 1.21 bits per heavy atom. The Bertz CT molecular complexity index is 829. The number of anilines is 2. The molecule has 1 aromatic carbocycles. The number of carbonyl (C=O) groups is 2. The van der Waals surface area contributed by atoms with Gasteiger partial charge in [0.25, 0.3) is 0 Å². The van der Waals surface area contributed by atoms with Gasteiger partial charge in [-0.05, 0) is 48.7 Å². The fourth-order valence-electron chi connectivity index (χ4n) is 3.38. The maximum absolute atomic E-state index is 12.6. The highest BCUT2D eigenvalue weighted by atomic mass is 16.5. The van der Waals surface area contributed by atoms with E-state index in [-0.39, 0.29) is 24.3 Å². The molecule has 7 heteroatoms. The summed E-state index contributed by atoms with van der Waals surface area (Å²) in [5.41, 5.74) is 2.68. The van der Waals surface area contributed by atoms with Gasteiger partial charge in [-0.15, -0.1) is 0 Å². The number of benzene rings is 1. The van der Waals surface area contributed by atoms with Crippen molar-refractivity contribution in [3.63, 3.8) is 0 Å². The van der Waals surface area contributed by atoms with Crippen LogP contribution in [0.1, 0.15) is 30.6 Å². The molecular formula is C22H29N3O4. The van der Waals surface area contributed by atoms with Gasteiger partial charge in [0, 0.05) is 45.0 Å². The Balaban J connectivity index is 1.82. The molecule has 1 aliphatic rings. The van der Waals surface area contributed by atoms with Crippen LogP contribution in [-0.2, 0) is 27.4 Å². The Hall–Kier alpha value is -2.80. The summed E-state index contributed by atoms with van der Waals surface area (Å²) in [6.45, 7) is 0.723. The highest BCUT2D eigenvalue weighted by molar-refractivity contribution is 5.93. The molecule has 1 saturated carbocycles. The van der Waals surface area contributed by atoms with Gasteiger partial charge in [-0.25, -0.2) is 0 Å². The summed E-state index contributed by atoms with van der Waals surface area (Å²) in [6, 6.07) is 9.47. The van der Waals surface area contributed by atoms with E-state index in [9.17, 15) is 9.59 Å². The first kappa shape index (κ1) is 20.9. The van der Waals surface area contributed by atoms with Crippen molar-refractivity contribution in [2.24, 2.45) is 5.92 Å². The Morgan fingerprint density at radius 3 is 2.59 bits per heavy atom. The zero-order chi connectivity index (χ0) is 20.8. The van der Waals surface area contributed by atoms with Crippen molar-refractivity contribution in [1.82, 2.24) is 4.90 Å².